The Kier molecular flexibility index (Phi) is 4.36. The first-order valence-corrected chi connectivity index (χ1v) is 9.99. The quantitative estimate of drug-likeness (QED) is 0.821. The number of nitrogens with zero attached hydrogens (tertiary/aromatic N) is 1. The Balaban J connectivity index is 1.17. The van der Waals surface area contributed by atoms with Crippen molar-refractivity contribution in [2.24, 2.45) is 11.8 Å². The second-order valence-corrected chi connectivity index (χ2v) is 8.07. The number of likely N-dealkylation sites (tertiary alicyclic amines) is 1. The van der Waals surface area contributed by atoms with Crippen LogP contribution in [0.25, 0.3) is 0 Å². The van der Waals surface area contributed by atoms with E-state index in [0.717, 1.165) is 55.1 Å². The van der Waals surface area contributed by atoms with E-state index in [9.17, 15) is 4.79 Å². The van der Waals surface area contributed by atoms with Gasteiger partial charge in [0.2, 0.25) is 6.79 Å². The molecule has 1 fully saturated rings. The van der Waals surface area contributed by atoms with E-state index in [4.69, 9.17) is 9.47 Å². The molecule has 140 valence electrons. The van der Waals surface area contributed by atoms with E-state index < -0.39 is 0 Å². The third-order valence-corrected chi connectivity index (χ3v) is 6.27. The molecule has 1 atom stereocenters. The van der Waals surface area contributed by atoms with Gasteiger partial charge in [0, 0.05) is 18.0 Å². The van der Waals surface area contributed by atoms with Gasteiger partial charge in [-0.25, -0.2) is 0 Å². The summed E-state index contributed by atoms with van der Waals surface area (Å²) in [7, 11) is 0. The predicted octanol–water partition coefficient (Wildman–Crippen LogP) is 4.07. The Bertz CT molecular complexity index is 840. The maximum absolute atomic E-state index is 12.9. The van der Waals surface area contributed by atoms with Crippen molar-refractivity contribution < 1.29 is 14.3 Å². The molecule has 0 radical (unpaired) electrons. The van der Waals surface area contributed by atoms with E-state index in [1.807, 2.05) is 12.1 Å². The van der Waals surface area contributed by atoms with Crippen LogP contribution in [0.2, 0.25) is 0 Å². The Hall–Kier alpha value is -2.33. The van der Waals surface area contributed by atoms with Crippen LogP contribution in [-0.4, -0.2) is 30.6 Å². The number of rotatable bonds is 4. The number of carbonyl (C=O) groups excluding carboxylic acids is 1. The first-order valence-electron chi connectivity index (χ1n) is 9.99. The normalized spacial score (nSPS) is 22.2. The molecular weight excluding hydrogens is 338 g/mol. The minimum atomic E-state index is 0.133. The fourth-order valence-electron chi connectivity index (χ4n) is 4.78. The summed E-state index contributed by atoms with van der Waals surface area (Å²) in [5, 5.41) is 0. The molecule has 0 aromatic heterocycles. The lowest BCUT2D eigenvalue weighted by Gasteiger charge is -2.32. The molecule has 2 aromatic carbocycles. The van der Waals surface area contributed by atoms with Crippen molar-refractivity contribution in [3.8, 4) is 11.5 Å². The Morgan fingerprint density at radius 3 is 2.52 bits per heavy atom. The number of fused-ring (bicyclic) bond motifs is 2. The van der Waals surface area contributed by atoms with E-state index in [-0.39, 0.29) is 12.7 Å². The fourth-order valence-corrected chi connectivity index (χ4v) is 4.78. The van der Waals surface area contributed by atoms with Crippen LogP contribution in [0, 0.1) is 11.8 Å². The van der Waals surface area contributed by atoms with E-state index in [1.54, 1.807) is 0 Å². The van der Waals surface area contributed by atoms with Crippen molar-refractivity contribution in [3.63, 3.8) is 0 Å². The average molecular weight is 363 g/mol. The molecule has 0 bridgehead atoms. The predicted molar refractivity (Wildman–Crippen MR) is 103 cm³/mol. The van der Waals surface area contributed by atoms with Crippen molar-refractivity contribution in [2.75, 3.05) is 19.9 Å². The molecule has 27 heavy (non-hydrogen) atoms. The third-order valence-electron chi connectivity index (χ3n) is 6.27. The van der Waals surface area contributed by atoms with Gasteiger partial charge in [0.25, 0.3) is 0 Å². The van der Waals surface area contributed by atoms with Gasteiger partial charge in [-0.1, -0.05) is 30.3 Å². The molecule has 4 nitrogen and oxygen atoms in total. The number of benzene rings is 2. The highest BCUT2D eigenvalue weighted by molar-refractivity contribution is 6.03. The highest BCUT2D eigenvalue weighted by Crippen LogP contribution is 2.41. The van der Waals surface area contributed by atoms with Crippen LogP contribution in [0.4, 0.5) is 0 Å². The maximum Gasteiger partial charge on any atom is 0.231 e. The molecule has 1 aliphatic carbocycles. The summed E-state index contributed by atoms with van der Waals surface area (Å²) in [6.07, 6.45) is 4.25. The Morgan fingerprint density at radius 2 is 1.74 bits per heavy atom. The first-order chi connectivity index (χ1) is 13.3. The highest BCUT2D eigenvalue weighted by Gasteiger charge is 2.35. The molecule has 1 saturated heterocycles. The minimum Gasteiger partial charge on any atom is -0.454 e. The Labute approximate surface area is 160 Å². The van der Waals surface area contributed by atoms with Gasteiger partial charge in [0.1, 0.15) is 0 Å². The molecule has 0 amide bonds. The van der Waals surface area contributed by atoms with Gasteiger partial charge >= 0.3 is 0 Å². The van der Waals surface area contributed by atoms with Gasteiger partial charge in [-0.15, -0.1) is 0 Å². The molecule has 2 aliphatic heterocycles. The smallest absolute Gasteiger partial charge is 0.231 e. The molecule has 5 rings (SSSR count). The van der Waals surface area contributed by atoms with Crippen LogP contribution < -0.4 is 9.47 Å². The number of hydrogen-bond donors (Lipinski definition) is 0. The highest BCUT2D eigenvalue weighted by atomic mass is 16.7. The summed E-state index contributed by atoms with van der Waals surface area (Å²) < 4.78 is 10.9. The number of ketones is 1. The number of hydrogen-bond acceptors (Lipinski definition) is 4. The lowest BCUT2D eigenvalue weighted by molar-refractivity contribution is 0.0895. The molecule has 2 aromatic rings. The average Bonchev–Trinajstić information content (AvgIpc) is 3.27. The summed E-state index contributed by atoms with van der Waals surface area (Å²) in [4.78, 5) is 15.4. The molecular formula is C23H25NO3. The number of piperidine rings is 1. The number of carbonyl (C=O) groups is 1. The molecule has 1 unspecified atom stereocenters. The van der Waals surface area contributed by atoms with Gasteiger partial charge in [-0.3, -0.25) is 9.69 Å². The number of Topliss-reactive ketones (excluding diaryl/α,β-unsaturated/α-hetero) is 1. The SMILES string of the molecule is O=C1c2cc3c(cc2CC1CC1CCN(Cc2ccccc2)CC1)OCO3. The molecule has 4 heteroatoms. The van der Waals surface area contributed by atoms with Crippen LogP contribution in [0.3, 0.4) is 0 Å². The summed E-state index contributed by atoms with van der Waals surface area (Å²) in [6, 6.07) is 14.6. The second-order valence-electron chi connectivity index (χ2n) is 8.07. The molecule has 2 heterocycles. The third kappa shape index (κ3) is 3.34. The van der Waals surface area contributed by atoms with Crippen LogP contribution in [0.1, 0.15) is 40.7 Å². The fraction of sp³-hybridized carbons (Fsp3) is 0.435. The van der Waals surface area contributed by atoms with Crippen molar-refractivity contribution >= 4 is 5.78 Å². The lowest BCUT2D eigenvalue weighted by atomic mass is 9.85. The van der Waals surface area contributed by atoms with E-state index >= 15 is 0 Å². The zero-order valence-corrected chi connectivity index (χ0v) is 15.5. The van der Waals surface area contributed by atoms with E-state index in [2.05, 4.69) is 35.2 Å². The van der Waals surface area contributed by atoms with E-state index in [0.29, 0.717) is 11.7 Å². The van der Waals surface area contributed by atoms with Crippen molar-refractivity contribution in [2.45, 2.75) is 32.2 Å². The van der Waals surface area contributed by atoms with Crippen molar-refractivity contribution in [3.05, 3.63) is 59.2 Å². The minimum absolute atomic E-state index is 0.133. The Morgan fingerprint density at radius 1 is 1.00 bits per heavy atom. The van der Waals surface area contributed by atoms with Gasteiger partial charge in [0.05, 0.1) is 0 Å². The first kappa shape index (κ1) is 16.8. The maximum atomic E-state index is 12.9. The van der Waals surface area contributed by atoms with Crippen LogP contribution in [0.15, 0.2) is 42.5 Å². The number of ether oxygens (including phenoxy) is 2. The topological polar surface area (TPSA) is 38.8 Å². The van der Waals surface area contributed by atoms with Gasteiger partial charge in [0.15, 0.2) is 17.3 Å². The van der Waals surface area contributed by atoms with Crippen LogP contribution >= 0.6 is 0 Å². The molecule has 0 spiro atoms. The summed E-state index contributed by atoms with van der Waals surface area (Å²) >= 11 is 0. The summed E-state index contributed by atoms with van der Waals surface area (Å²) in [5.74, 6) is 2.59. The zero-order chi connectivity index (χ0) is 18.2. The largest absolute Gasteiger partial charge is 0.454 e. The standard InChI is InChI=1S/C23H25NO3/c25-23-19(11-18-12-21-22(13-20(18)23)27-15-26-21)10-16-6-8-24(9-7-16)14-17-4-2-1-3-5-17/h1-5,12-13,16,19H,6-11,14-15H2. The molecule has 3 aliphatic rings. The molecule has 0 N–H and O–H groups in total. The zero-order valence-electron chi connectivity index (χ0n) is 15.5. The summed E-state index contributed by atoms with van der Waals surface area (Å²) in [5.41, 5.74) is 3.37. The van der Waals surface area contributed by atoms with Crippen LogP contribution in [-0.2, 0) is 13.0 Å². The van der Waals surface area contributed by atoms with E-state index in [1.165, 1.54) is 18.4 Å². The summed E-state index contributed by atoms with van der Waals surface area (Å²) in [6.45, 7) is 3.55. The van der Waals surface area contributed by atoms with Gasteiger partial charge < -0.3 is 9.47 Å². The molecule has 0 saturated carbocycles. The van der Waals surface area contributed by atoms with Crippen molar-refractivity contribution in [1.29, 1.82) is 0 Å². The second kappa shape index (κ2) is 7.01. The van der Waals surface area contributed by atoms with Gasteiger partial charge in [-0.2, -0.15) is 0 Å². The lowest BCUT2D eigenvalue weighted by Crippen LogP contribution is -2.34. The van der Waals surface area contributed by atoms with Crippen molar-refractivity contribution in [1.82, 2.24) is 4.90 Å². The van der Waals surface area contributed by atoms with Crippen LogP contribution in [0.5, 0.6) is 11.5 Å². The monoisotopic (exact) mass is 363 g/mol. The van der Waals surface area contributed by atoms with Gasteiger partial charge in [-0.05, 0) is 68.0 Å².